The topological polar surface area (TPSA) is 88.4 Å². The van der Waals surface area contributed by atoms with Crippen LogP contribution in [0.3, 0.4) is 0 Å². The number of benzene rings is 3. The predicted molar refractivity (Wildman–Crippen MR) is 176 cm³/mol. The van der Waals surface area contributed by atoms with Crippen LogP contribution >= 0.6 is 0 Å². The van der Waals surface area contributed by atoms with Gasteiger partial charge < -0.3 is 28.9 Å². The van der Waals surface area contributed by atoms with Crippen molar-refractivity contribution >= 4 is 23.1 Å². The number of halogens is 2. The third-order valence-electron chi connectivity index (χ3n) is 9.15. The van der Waals surface area contributed by atoms with Gasteiger partial charge in [0.05, 0.1) is 6.61 Å². The molecule has 11 nitrogen and oxygen atoms in total. The molecular formula is C35H39F2N7O4. The quantitative estimate of drug-likeness (QED) is 0.238. The molecule has 3 aliphatic rings. The monoisotopic (exact) mass is 659 g/mol. The largest absolute Gasteiger partial charge is 0.491 e. The Bertz CT molecular complexity index is 1700. The molecule has 3 saturated heterocycles. The molecule has 0 spiro atoms. The molecule has 0 radical (unpaired) electrons. The lowest BCUT2D eigenvalue weighted by Gasteiger charge is -2.37. The SMILES string of the molecule is CC(C)N1CCN(c2ccc(N3CCN(c4ccc(OC[C@@H]5CO[C@@](Cn6cncn6)(c6ccc(F)cc6F)O5)cc4)CC3)cc2)C1=O. The second kappa shape index (κ2) is 13.4. The lowest BCUT2D eigenvalue weighted by Crippen LogP contribution is -2.46. The van der Waals surface area contributed by atoms with Crippen LogP contribution in [0.1, 0.15) is 19.4 Å². The minimum absolute atomic E-state index is 0.0379. The van der Waals surface area contributed by atoms with E-state index in [1.54, 1.807) is 0 Å². The molecule has 0 bridgehead atoms. The average Bonchev–Trinajstić information content (AvgIpc) is 3.85. The van der Waals surface area contributed by atoms with E-state index in [4.69, 9.17) is 14.2 Å². The van der Waals surface area contributed by atoms with E-state index in [9.17, 15) is 13.6 Å². The van der Waals surface area contributed by atoms with Crippen LogP contribution in [0.15, 0.2) is 79.4 Å². The van der Waals surface area contributed by atoms with Crippen molar-refractivity contribution in [2.45, 2.75) is 38.3 Å². The van der Waals surface area contributed by atoms with E-state index in [0.29, 0.717) is 12.3 Å². The summed E-state index contributed by atoms with van der Waals surface area (Å²) < 4.78 is 48.3. The van der Waals surface area contributed by atoms with Gasteiger partial charge in [-0.2, -0.15) is 5.10 Å². The highest BCUT2D eigenvalue weighted by Crippen LogP contribution is 2.38. The van der Waals surface area contributed by atoms with Crippen molar-refractivity contribution in [2.24, 2.45) is 0 Å². The van der Waals surface area contributed by atoms with Crippen molar-refractivity contribution in [1.29, 1.82) is 0 Å². The molecule has 3 fully saturated rings. The highest BCUT2D eigenvalue weighted by molar-refractivity contribution is 5.94. The average molecular weight is 660 g/mol. The van der Waals surface area contributed by atoms with Gasteiger partial charge in [-0.25, -0.2) is 23.2 Å². The Morgan fingerprint density at radius 1 is 0.896 bits per heavy atom. The standard InChI is InChI=1S/C35H39F2N7O4/c1-25(2)43-17-18-44(34(43)45)29-6-4-27(5-7-29)40-13-15-41(16-14-40)28-8-10-30(11-9-28)46-20-31-21-47-35(48-31,22-42-24-38-23-39-42)32-12-3-26(36)19-33(32)37/h3-12,19,23-25,31H,13-18,20-22H2,1-2H3/t31-,35-/m1/s1. The van der Waals surface area contributed by atoms with Gasteiger partial charge in [0.25, 0.3) is 0 Å². The van der Waals surface area contributed by atoms with Crippen LogP contribution in [-0.2, 0) is 21.8 Å². The number of amides is 2. The van der Waals surface area contributed by atoms with Crippen molar-refractivity contribution < 1.29 is 27.8 Å². The second-order valence-corrected chi connectivity index (χ2v) is 12.5. The van der Waals surface area contributed by atoms with Crippen molar-refractivity contribution in [3.8, 4) is 5.75 Å². The summed E-state index contributed by atoms with van der Waals surface area (Å²) in [7, 11) is 0. The van der Waals surface area contributed by atoms with E-state index in [1.165, 1.54) is 29.5 Å². The fraction of sp³-hybridized carbons (Fsp3) is 0.400. The molecule has 1 aromatic heterocycles. The molecule has 2 atom stereocenters. The first-order valence-corrected chi connectivity index (χ1v) is 16.3. The Morgan fingerprint density at radius 3 is 2.17 bits per heavy atom. The summed E-state index contributed by atoms with van der Waals surface area (Å²) in [5.41, 5.74) is 3.28. The lowest BCUT2D eigenvalue weighted by molar-refractivity contribution is -0.192. The number of aromatic nitrogens is 3. The number of ether oxygens (including phenoxy) is 3. The zero-order valence-electron chi connectivity index (χ0n) is 27.0. The summed E-state index contributed by atoms with van der Waals surface area (Å²) >= 11 is 0. The Balaban J connectivity index is 0.914. The molecule has 13 heteroatoms. The van der Waals surface area contributed by atoms with Gasteiger partial charge in [-0.3, -0.25) is 4.90 Å². The van der Waals surface area contributed by atoms with Crippen molar-refractivity contribution in [2.75, 3.05) is 67.2 Å². The Hall–Kier alpha value is -4.75. The fourth-order valence-electron chi connectivity index (χ4n) is 6.56. The van der Waals surface area contributed by atoms with Gasteiger partial charge in [-0.15, -0.1) is 0 Å². The fourth-order valence-corrected chi connectivity index (χ4v) is 6.56. The van der Waals surface area contributed by atoms with E-state index in [1.807, 2.05) is 60.0 Å². The third-order valence-corrected chi connectivity index (χ3v) is 9.15. The molecule has 4 aromatic rings. The van der Waals surface area contributed by atoms with Crippen LogP contribution in [0.5, 0.6) is 5.75 Å². The first-order valence-electron chi connectivity index (χ1n) is 16.3. The minimum atomic E-state index is -1.50. The van der Waals surface area contributed by atoms with Crippen LogP contribution in [0, 0.1) is 11.6 Å². The van der Waals surface area contributed by atoms with Gasteiger partial charge in [-0.05, 0) is 74.5 Å². The number of hydrogen-bond acceptors (Lipinski definition) is 8. The Labute approximate surface area is 278 Å². The van der Waals surface area contributed by atoms with E-state index in [-0.39, 0.29) is 37.4 Å². The van der Waals surface area contributed by atoms with Crippen molar-refractivity contribution in [3.63, 3.8) is 0 Å². The molecule has 0 saturated carbocycles. The zero-order chi connectivity index (χ0) is 33.3. The van der Waals surface area contributed by atoms with Gasteiger partial charge in [0.1, 0.15) is 49.3 Å². The molecule has 48 heavy (non-hydrogen) atoms. The number of anilines is 3. The molecule has 0 unspecified atom stereocenters. The number of carbonyl (C=O) groups is 1. The summed E-state index contributed by atoms with van der Waals surface area (Å²) in [6.45, 7) is 9.44. The maximum atomic E-state index is 14.9. The molecule has 4 heterocycles. The molecule has 2 amide bonds. The summed E-state index contributed by atoms with van der Waals surface area (Å²) in [4.78, 5) is 25.2. The van der Waals surface area contributed by atoms with E-state index in [2.05, 4.69) is 32.0 Å². The number of rotatable bonds is 10. The van der Waals surface area contributed by atoms with Crippen LogP contribution in [-0.4, -0.2) is 90.3 Å². The number of piperazine rings is 1. The second-order valence-electron chi connectivity index (χ2n) is 12.5. The maximum absolute atomic E-state index is 14.9. The smallest absolute Gasteiger partial charge is 0.324 e. The van der Waals surface area contributed by atoms with Gasteiger partial charge in [0.2, 0.25) is 5.79 Å². The molecular weight excluding hydrogens is 620 g/mol. The zero-order valence-corrected chi connectivity index (χ0v) is 27.0. The normalized spacial score (nSPS) is 21.5. The maximum Gasteiger partial charge on any atom is 0.324 e. The minimum Gasteiger partial charge on any atom is -0.491 e. The van der Waals surface area contributed by atoms with Gasteiger partial charge in [-0.1, -0.05) is 0 Å². The number of nitrogens with zero attached hydrogens (tertiary/aromatic N) is 7. The first kappa shape index (κ1) is 31.8. The molecule has 7 rings (SSSR count). The highest BCUT2D eigenvalue weighted by atomic mass is 19.1. The Kier molecular flexibility index (Phi) is 8.88. The van der Waals surface area contributed by atoms with Crippen molar-refractivity contribution in [3.05, 3.63) is 96.6 Å². The van der Waals surface area contributed by atoms with Crippen LogP contribution in [0.4, 0.5) is 30.6 Å². The summed E-state index contributed by atoms with van der Waals surface area (Å²) in [6.07, 6.45) is 2.36. The van der Waals surface area contributed by atoms with E-state index in [0.717, 1.165) is 55.9 Å². The van der Waals surface area contributed by atoms with E-state index < -0.39 is 23.5 Å². The molecule has 0 N–H and O–H groups in total. The summed E-state index contributed by atoms with van der Waals surface area (Å²) in [5, 5.41) is 4.11. The van der Waals surface area contributed by atoms with E-state index >= 15 is 0 Å². The summed E-state index contributed by atoms with van der Waals surface area (Å²) in [5.74, 6) is -2.28. The van der Waals surface area contributed by atoms with Crippen molar-refractivity contribution in [1.82, 2.24) is 19.7 Å². The summed E-state index contributed by atoms with van der Waals surface area (Å²) in [6, 6.07) is 19.8. The molecule has 0 aliphatic carbocycles. The van der Waals surface area contributed by atoms with Crippen LogP contribution < -0.4 is 19.4 Å². The van der Waals surface area contributed by atoms with Crippen LogP contribution in [0.2, 0.25) is 0 Å². The number of hydrogen-bond donors (Lipinski definition) is 0. The van der Waals surface area contributed by atoms with Crippen LogP contribution in [0.25, 0.3) is 0 Å². The molecule has 3 aromatic carbocycles. The third kappa shape index (κ3) is 6.52. The lowest BCUT2D eigenvalue weighted by atomic mass is 10.0. The predicted octanol–water partition coefficient (Wildman–Crippen LogP) is 4.88. The van der Waals surface area contributed by atoms with Gasteiger partial charge in [0, 0.05) is 74.0 Å². The Morgan fingerprint density at radius 2 is 1.56 bits per heavy atom. The first-order chi connectivity index (χ1) is 23.3. The highest BCUT2D eigenvalue weighted by Gasteiger charge is 2.46. The molecule has 3 aliphatic heterocycles. The number of urea groups is 1. The number of carbonyl (C=O) groups excluding carboxylic acids is 1. The molecule has 252 valence electrons. The van der Waals surface area contributed by atoms with Gasteiger partial charge >= 0.3 is 6.03 Å². The van der Waals surface area contributed by atoms with Gasteiger partial charge in [0.15, 0.2) is 0 Å².